The Morgan fingerprint density at radius 1 is 1.10 bits per heavy atom. The van der Waals surface area contributed by atoms with E-state index in [2.05, 4.69) is 15.2 Å². The minimum Gasteiger partial charge on any atom is -0.492 e. The van der Waals surface area contributed by atoms with Crippen molar-refractivity contribution < 1.29 is 23.4 Å². The number of fused-ring (bicyclic) bond motifs is 1. The number of ether oxygens (including phenoxy) is 3. The molecule has 31 heavy (non-hydrogen) atoms. The standard InChI is InChI=1S/C23H26FN3O4/c1-3-30-21-14-20(27-7-9-29-10-8-27)22(31-4-2)13-18(21)26-23(28)19-12-15-11-16(24)5-6-17(15)25-19/h5-6,11-14,25H,3-4,7-10H2,1-2H3,(H,26,28). The maximum atomic E-state index is 13.5. The Kier molecular flexibility index (Phi) is 6.27. The fourth-order valence-electron chi connectivity index (χ4n) is 3.66. The summed E-state index contributed by atoms with van der Waals surface area (Å²) in [5.41, 5.74) is 2.44. The number of carbonyl (C=O) groups excluding carboxylic acids is 1. The van der Waals surface area contributed by atoms with Gasteiger partial charge in [-0.3, -0.25) is 4.79 Å². The zero-order valence-corrected chi connectivity index (χ0v) is 17.7. The van der Waals surface area contributed by atoms with Gasteiger partial charge in [0.25, 0.3) is 5.91 Å². The topological polar surface area (TPSA) is 75.8 Å². The predicted octanol–water partition coefficient (Wildman–Crippen LogP) is 4.19. The van der Waals surface area contributed by atoms with Gasteiger partial charge in [-0.1, -0.05) is 0 Å². The van der Waals surface area contributed by atoms with Gasteiger partial charge in [0, 0.05) is 36.1 Å². The van der Waals surface area contributed by atoms with Gasteiger partial charge < -0.3 is 29.4 Å². The number of morpholine rings is 1. The van der Waals surface area contributed by atoms with Crippen LogP contribution in [-0.4, -0.2) is 50.4 Å². The van der Waals surface area contributed by atoms with Crippen molar-refractivity contribution >= 4 is 28.2 Å². The van der Waals surface area contributed by atoms with Crippen LogP contribution >= 0.6 is 0 Å². The highest BCUT2D eigenvalue weighted by Gasteiger charge is 2.21. The van der Waals surface area contributed by atoms with Crippen molar-refractivity contribution in [2.24, 2.45) is 0 Å². The van der Waals surface area contributed by atoms with Crippen molar-refractivity contribution in [3.05, 3.63) is 47.9 Å². The van der Waals surface area contributed by atoms with Gasteiger partial charge in [-0.25, -0.2) is 4.39 Å². The Labute approximate surface area is 180 Å². The summed E-state index contributed by atoms with van der Waals surface area (Å²) >= 11 is 0. The van der Waals surface area contributed by atoms with Crippen LogP contribution in [0, 0.1) is 5.82 Å². The van der Waals surface area contributed by atoms with E-state index in [1.807, 2.05) is 19.9 Å². The summed E-state index contributed by atoms with van der Waals surface area (Å²) in [4.78, 5) is 18.1. The molecule has 1 amide bonds. The fraction of sp³-hybridized carbons (Fsp3) is 0.348. The lowest BCUT2D eigenvalue weighted by Crippen LogP contribution is -2.36. The second-order valence-corrected chi connectivity index (χ2v) is 7.15. The highest BCUT2D eigenvalue weighted by Crippen LogP contribution is 2.39. The van der Waals surface area contributed by atoms with Crippen molar-refractivity contribution in [3.63, 3.8) is 0 Å². The highest BCUT2D eigenvalue weighted by molar-refractivity contribution is 6.06. The van der Waals surface area contributed by atoms with Gasteiger partial charge in [-0.2, -0.15) is 0 Å². The third kappa shape index (κ3) is 4.59. The number of aromatic nitrogens is 1. The predicted molar refractivity (Wildman–Crippen MR) is 118 cm³/mol. The summed E-state index contributed by atoms with van der Waals surface area (Å²) in [7, 11) is 0. The Morgan fingerprint density at radius 2 is 1.84 bits per heavy atom. The van der Waals surface area contributed by atoms with Crippen LogP contribution in [0.5, 0.6) is 11.5 Å². The van der Waals surface area contributed by atoms with Gasteiger partial charge in [-0.15, -0.1) is 0 Å². The molecule has 2 N–H and O–H groups in total. The summed E-state index contributed by atoms with van der Waals surface area (Å²) in [6.45, 7) is 7.55. The molecule has 7 nitrogen and oxygen atoms in total. The average Bonchev–Trinajstić information content (AvgIpc) is 3.19. The van der Waals surface area contributed by atoms with E-state index >= 15 is 0 Å². The third-order valence-electron chi connectivity index (χ3n) is 5.09. The summed E-state index contributed by atoms with van der Waals surface area (Å²) in [6.07, 6.45) is 0. The molecule has 0 aliphatic carbocycles. The lowest BCUT2D eigenvalue weighted by atomic mass is 10.2. The van der Waals surface area contributed by atoms with Crippen LogP contribution in [0.15, 0.2) is 36.4 Å². The smallest absolute Gasteiger partial charge is 0.272 e. The Balaban J connectivity index is 1.66. The normalized spacial score (nSPS) is 14.0. The molecule has 0 saturated carbocycles. The summed E-state index contributed by atoms with van der Waals surface area (Å²) < 4.78 is 30.6. The van der Waals surface area contributed by atoms with Crippen LogP contribution in [-0.2, 0) is 4.74 Å². The van der Waals surface area contributed by atoms with E-state index < -0.39 is 0 Å². The van der Waals surface area contributed by atoms with Crippen molar-refractivity contribution in [3.8, 4) is 11.5 Å². The van der Waals surface area contributed by atoms with Crippen molar-refractivity contribution in [2.45, 2.75) is 13.8 Å². The second-order valence-electron chi connectivity index (χ2n) is 7.15. The third-order valence-corrected chi connectivity index (χ3v) is 5.09. The molecule has 1 aliphatic heterocycles. The van der Waals surface area contributed by atoms with Gasteiger partial charge in [0.1, 0.15) is 23.0 Å². The molecule has 2 heterocycles. The van der Waals surface area contributed by atoms with E-state index in [4.69, 9.17) is 14.2 Å². The molecule has 8 heteroatoms. The molecule has 0 radical (unpaired) electrons. The molecule has 0 spiro atoms. The van der Waals surface area contributed by atoms with E-state index in [-0.39, 0.29) is 11.7 Å². The number of aromatic amines is 1. The molecule has 1 aliphatic rings. The van der Waals surface area contributed by atoms with Gasteiger partial charge in [-0.05, 0) is 38.1 Å². The van der Waals surface area contributed by atoms with Crippen molar-refractivity contribution in [2.75, 3.05) is 49.7 Å². The van der Waals surface area contributed by atoms with Crippen molar-refractivity contribution in [1.82, 2.24) is 4.98 Å². The second kappa shape index (κ2) is 9.26. The zero-order chi connectivity index (χ0) is 21.8. The molecular weight excluding hydrogens is 401 g/mol. The molecular formula is C23H26FN3O4. The maximum Gasteiger partial charge on any atom is 0.272 e. The Hall–Kier alpha value is -3.26. The highest BCUT2D eigenvalue weighted by atomic mass is 19.1. The van der Waals surface area contributed by atoms with Gasteiger partial charge in [0.05, 0.1) is 37.8 Å². The SMILES string of the molecule is CCOc1cc(N2CCOCC2)c(OCC)cc1NC(=O)c1cc2cc(F)ccc2[nH]1. The summed E-state index contributed by atoms with van der Waals surface area (Å²) in [6, 6.07) is 9.66. The molecule has 0 bridgehead atoms. The Morgan fingerprint density at radius 3 is 2.58 bits per heavy atom. The monoisotopic (exact) mass is 427 g/mol. The summed E-state index contributed by atoms with van der Waals surface area (Å²) in [5.74, 6) is 0.529. The van der Waals surface area contributed by atoms with Crippen LogP contribution in [0.2, 0.25) is 0 Å². The summed E-state index contributed by atoms with van der Waals surface area (Å²) in [5, 5.41) is 3.54. The maximum absolute atomic E-state index is 13.5. The minimum atomic E-state index is -0.350. The number of nitrogens with one attached hydrogen (secondary N) is 2. The lowest BCUT2D eigenvalue weighted by Gasteiger charge is -2.31. The first-order chi connectivity index (χ1) is 15.1. The quantitative estimate of drug-likeness (QED) is 0.591. The van der Waals surface area contributed by atoms with Crippen LogP contribution in [0.4, 0.5) is 15.8 Å². The van der Waals surface area contributed by atoms with Crippen LogP contribution < -0.4 is 19.7 Å². The first-order valence-corrected chi connectivity index (χ1v) is 10.4. The number of halogens is 1. The van der Waals surface area contributed by atoms with E-state index in [0.717, 1.165) is 18.8 Å². The number of rotatable bonds is 7. The first kappa shape index (κ1) is 21.0. The minimum absolute atomic E-state index is 0.332. The number of nitrogens with zero attached hydrogens (tertiary/aromatic N) is 1. The number of benzene rings is 2. The van der Waals surface area contributed by atoms with Crippen molar-refractivity contribution in [1.29, 1.82) is 0 Å². The number of anilines is 2. The van der Waals surface area contributed by atoms with E-state index in [9.17, 15) is 9.18 Å². The van der Waals surface area contributed by atoms with E-state index in [0.29, 0.717) is 60.2 Å². The van der Waals surface area contributed by atoms with Crippen LogP contribution in [0.25, 0.3) is 10.9 Å². The fourth-order valence-corrected chi connectivity index (χ4v) is 3.66. The molecule has 1 aromatic heterocycles. The largest absolute Gasteiger partial charge is 0.492 e. The molecule has 3 aromatic rings. The van der Waals surface area contributed by atoms with Gasteiger partial charge in [0.15, 0.2) is 0 Å². The number of H-pyrrole nitrogens is 1. The van der Waals surface area contributed by atoms with Crippen LogP contribution in [0.3, 0.4) is 0 Å². The van der Waals surface area contributed by atoms with E-state index in [1.165, 1.54) is 12.1 Å². The molecule has 164 valence electrons. The molecule has 1 fully saturated rings. The van der Waals surface area contributed by atoms with Gasteiger partial charge >= 0.3 is 0 Å². The number of hydrogen-bond donors (Lipinski definition) is 2. The number of carbonyl (C=O) groups is 1. The molecule has 1 saturated heterocycles. The van der Waals surface area contributed by atoms with E-state index in [1.54, 1.807) is 18.2 Å². The number of hydrogen-bond acceptors (Lipinski definition) is 5. The Bertz CT molecular complexity index is 1080. The lowest BCUT2D eigenvalue weighted by molar-refractivity contribution is 0.102. The zero-order valence-electron chi connectivity index (χ0n) is 17.7. The van der Waals surface area contributed by atoms with Gasteiger partial charge in [0.2, 0.25) is 0 Å². The molecule has 0 atom stereocenters. The van der Waals surface area contributed by atoms with Crippen LogP contribution in [0.1, 0.15) is 24.3 Å². The molecule has 4 rings (SSSR count). The molecule has 0 unspecified atom stereocenters. The first-order valence-electron chi connectivity index (χ1n) is 10.4. The average molecular weight is 427 g/mol. The number of amides is 1. The molecule has 2 aromatic carbocycles.